The third-order valence-corrected chi connectivity index (χ3v) is 4.40. The fourth-order valence-corrected chi connectivity index (χ4v) is 2.66. The molecule has 27 heavy (non-hydrogen) atoms. The van der Waals surface area contributed by atoms with E-state index in [1.807, 2.05) is 19.1 Å². The van der Waals surface area contributed by atoms with Crippen molar-refractivity contribution in [2.45, 2.75) is 45.6 Å². The molecule has 0 unspecified atom stereocenters. The molecule has 0 heterocycles. The quantitative estimate of drug-likeness (QED) is 0.804. The van der Waals surface area contributed by atoms with Gasteiger partial charge in [-0.1, -0.05) is 45.0 Å². The van der Waals surface area contributed by atoms with Crippen molar-refractivity contribution in [3.05, 3.63) is 71.0 Å². The molecule has 2 rings (SSSR count). The first-order chi connectivity index (χ1) is 12.7. The van der Waals surface area contributed by atoms with Gasteiger partial charge in [0.2, 0.25) is 5.91 Å². The number of rotatable bonds is 6. The topological polar surface area (TPSA) is 58.2 Å². The monoisotopic (exact) mass is 370 g/mol. The Kier molecular flexibility index (Phi) is 6.72. The molecule has 0 radical (unpaired) electrons. The second-order valence-corrected chi connectivity index (χ2v) is 7.67. The third kappa shape index (κ3) is 6.20. The van der Waals surface area contributed by atoms with Gasteiger partial charge in [-0.15, -0.1) is 0 Å². The molecule has 2 N–H and O–H groups in total. The van der Waals surface area contributed by atoms with Crippen LogP contribution < -0.4 is 10.6 Å². The number of amides is 2. The maximum absolute atomic E-state index is 12.9. The van der Waals surface area contributed by atoms with Crippen LogP contribution in [0.15, 0.2) is 48.5 Å². The molecule has 2 aromatic carbocycles. The van der Waals surface area contributed by atoms with E-state index in [1.54, 1.807) is 24.3 Å². The summed E-state index contributed by atoms with van der Waals surface area (Å²) >= 11 is 0. The molecular weight excluding hydrogens is 343 g/mol. The fraction of sp³-hybridized carbons (Fsp3) is 0.364. The van der Waals surface area contributed by atoms with Gasteiger partial charge in [0.25, 0.3) is 5.91 Å². The summed E-state index contributed by atoms with van der Waals surface area (Å²) in [5.41, 5.74) is 2.60. The largest absolute Gasteiger partial charge is 0.352 e. The molecule has 0 saturated carbocycles. The molecule has 5 heteroatoms. The lowest BCUT2D eigenvalue weighted by Crippen LogP contribution is -2.32. The van der Waals surface area contributed by atoms with Crippen molar-refractivity contribution in [3.63, 3.8) is 0 Å². The van der Waals surface area contributed by atoms with Gasteiger partial charge in [-0.05, 0) is 47.7 Å². The Bertz CT molecular complexity index is 777. The second kappa shape index (κ2) is 8.80. The van der Waals surface area contributed by atoms with Crippen molar-refractivity contribution in [2.24, 2.45) is 0 Å². The minimum atomic E-state index is -0.310. The third-order valence-electron chi connectivity index (χ3n) is 4.40. The lowest BCUT2D eigenvalue weighted by atomic mass is 9.87. The summed E-state index contributed by atoms with van der Waals surface area (Å²) in [5.74, 6) is -0.680. The summed E-state index contributed by atoms with van der Waals surface area (Å²) in [6.07, 6.45) is 0.178. The van der Waals surface area contributed by atoms with Crippen LogP contribution in [0.5, 0.6) is 0 Å². The Hall–Kier alpha value is -2.69. The van der Waals surface area contributed by atoms with E-state index in [0.29, 0.717) is 5.56 Å². The molecule has 2 aromatic rings. The minimum Gasteiger partial charge on any atom is -0.352 e. The predicted octanol–water partition coefficient (Wildman–Crippen LogP) is 4.12. The maximum atomic E-state index is 12.9. The second-order valence-electron chi connectivity index (χ2n) is 7.67. The van der Waals surface area contributed by atoms with E-state index < -0.39 is 0 Å². The van der Waals surface area contributed by atoms with Gasteiger partial charge in [0, 0.05) is 18.5 Å². The molecule has 0 spiro atoms. The molecular formula is C22H27FN2O2. The van der Waals surface area contributed by atoms with Crippen LogP contribution in [-0.2, 0) is 10.2 Å². The fourth-order valence-electron chi connectivity index (χ4n) is 2.66. The number of carbonyl (C=O) groups excluding carboxylic acids is 2. The summed E-state index contributed by atoms with van der Waals surface area (Å²) < 4.78 is 12.9. The summed E-state index contributed by atoms with van der Waals surface area (Å²) in [6.45, 7) is 8.44. The van der Waals surface area contributed by atoms with Gasteiger partial charge in [0.15, 0.2) is 0 Å². The van der Waals surface area contributed by atoms with Crippen molar-refractivity contribution in [1.29, 1.82) is 0 Å². The van der Waals surface area contributed by atoms with Crippen LogP contribution in [0.25, 0.3) is 0 Å². The minimum absolute atomic E-state index is 0.0360. The highest BCUT2D eigenvalue weighted by Crippen LogP contribution is 2.22. The lowest BCUT2D eigenvalue weighted by molar-refractivity contribution is -0.121. The summed E-state index contributed by atoms with van der Waals surface area (Å²) in [4.78, 5) is 24.2. The van der Waals surface area contributed by atoms with E-state index in [1.165, 1.54) is 12.1 Å². The standard InChI is InChI=1S/C22H27FN2O2/c1-15(16-7-11-19(23)12-8-16)25-20(26)13-14-24-21(27)17-5-9-18(10-6-17)22(2,3)4/h5-12,15H,13-14H2,1-4H3,(H,24,27)(H,25,26)/t15-/m1/s1. The number of carbonyl (C=O) groups is 2. The van der Waals surface area contributed by atoms with E-state index in [-0.39, 0.29) is 42.1 Å². The normalized spacial score (nSPS) is 12.3. The van der Waals surface area contributed by atoms with Crippen molar-refractivity contribution in [1.82, 2.24) is 10.6 Å². The van der Waals surface area contributed by atoms with E-state index in [9.17, 15) is 14.0 Å². The van der Waals surface area contributed by atoms with E-state index >= 15 is 0 Å². The van der Waals surface area contributed by atoms with Crippen LogP contribution in [0.3, 0.4) is 0 Å². The molecule has 0 aliphatic rings. The Labute approximate surface area is 160 Å². The molecule has 144 valence electrons. The van der Waals surface area contributed by atoms with Crippen LogP contribution >= 0.6 is 0 Å². The van der Waals surface area contributed by atoms with Gasteiger partial charge in [0.05, 0.1) is 6.04 Å². The van der Waals surface area contributed by atoms with Gasteiger partial charge >= 0.3 is 0 Å². The summed E-state index contributed by atoms with van der Waals surface area (Å²) in [5, 5.41) is 5.60. The molecule has 0 bridgehead atoms. The van der Waals surface area contributed by atoms with Crippen molar-refractivity contribution in [3.8, 4) is 0 Å². The first-order valence-electron chi connectivity index (χ1n) is 9.10. The zero-order chi connectivity index (χ0) is 20.0. The van der Waals surface area contributed by atoms with Gasteiger partial charge < -0.3 is 10.6 Å². The van der Waals surface area contributed by atoms with Crippen LogP contribution in [0.2, 0.25) is 0 Å². The van der Waals surface area contributed by atoms with Crippen molar-refractivity contribution in [2.75, 3.05) is 6.54 Å². The summed E-state index contributed by atoms with van der Waals surface area (Å²) in [7, 11) is 0. The van der Waals surface area contributed by atoms with Crippen LogP contribution in [0.1, 0.15) is 61.6 Å². The lowest BCUT2D eigenvalue weighted by Gasteiger charge is -2.19. The van der Waals surface area contributed by atoms with Gasteiger partial charge in [0.1, 0.15) is 5.82 Å². The number of benzene rings is 2. The SMILES string of the molecule is C[C@@H](NC(=O)CCNC(=O)c1ccc(C(C)(C)C)cc1)c1ccc(F)cc1. The molecule has 0 saturated heterocycles. The highest BCUT2D eigenvalue weighted by molar-refractivity contribution is 5.94. The Morgan fingerprint density at radius 1 is 1.00 bits per heavy atom. The summed E-state index contributed by atoms with van der Waals surface area (Å²) in [6, 6.07) is 13.3. The van der Waals surface area contributed by atoms with Crippen molar-refractivity contribution < 1.29 is 14.0 Å². The molecule has 0 fully saturated rings. The number of hydrogen-bond donors (Lipinski definition) is 2. The van der Waals surface area contributed by atoms with E-state index in [0.717, 1.165) is 11.1 Å². The molecule has 0 aliphatic carbocycles. The van der Waals surface area contributed by atoms with E-state index in [4.69, 9.17) is 0 Å². The predicted molar refractivity (Wildman–Crippen MR) is 105 cm³/mol. The number of nitrogens with one attached hydrogen (secondary N) is 2. The zero-order valence-corrected chi connectivity index (χ0v) is 16.3. The zero-order valence-electron chi connectivity index (χ0n) is 16.3. The highest BCUT2D eigenvalue weighted by atomic mass is 19.1. The van der Waals surface area contributed by atoms with Gasteiger partial charge in [-0.3, -0.25) is 9.59 Å². The number of halogens is 1. The highest BCUT2D eigenvalue weighted by Gasteiger charge is 2.14. The molecule has 2 amide bonds. The maximum Gasteiger partial charge on any atom is 0.251 e. The average molecular weight is 370 g/mol. The molecule has 0 aromatic heterocycles. The molecule has 1 atom stereocenters. The van der Waals surface area contributed by atoms with Crippen LogP contribution in [0, 0.1) is 5.82 Å². The Morgan fingerprint density at radius 2 is 1.59 bits per heavy atom. The van der Waals surface area contributed by atoms with E-state index in [2.05, 4.69) is 31.4 Å². The van der Waals surface area contributed by atoms with Gasteiger partial charge in [-0.25, -0.2) is 4.39 Å². The smallest absolute Gasteiger partial charge is 0.251 e. The average Bonchev–Trinajstić information content (AvgIpc) is 2.61. The first kappa shape index (κ1) is 20.6. The van der Waals surface area contributed by atoms with Crippen LogP contribution in [0.4, 0.5) is 4.39 Å². The van der Waals surface area contributed by atoms with Gasteiger partial charge in [-0.2, -0.15) is 0 Å². The Morgan fingerprint density at radius 3 is 2.15 bits per heavy atom. The van der Waals surface area contributed by atoms with Crippen molar-refractivity contribution >= 4 is 11.8 Å². The Balaban J connectivity index is 1.78. The molecule has 0 aliphatic heterocycles. The number of hydrogen-bond acceptors (Lipinski definition) is 2. The first-order valence-corrected chi connectivity index (χ1v) is 9.10. The van der Waals surface area contributed by atoms with Crippen LogP contribution in [-0.4, -0.2) is 18.4 Å². The molecule has 4 nitrogen and oxygen atoms in total.